The molecule has 15 nitrogen and oxygen atoms in total. The van der Waals surface area contributed by atoms with Crippen LogP contribution in [0.15, 0.2) is 151 Å². The van der Waals surface area contributed by atoms with Crippen LogP contribution in [0.4, 0.5) is 9.59 Å². The van der Waals surface area contributed by atoms with E-state index in [0.717, 1.165) is 43.8 Å². The Kier molecular flexibility index (Phi) is 16.7. The third-order valence-corrected chi connectivity index (χ3v) is 10.3. The maximum absolute atomic E-state index is 14.1. The van der Waals surface area contributed by atoms with Crippen LogP contribution in [0, 0.1) is 0 Å². The van der Waals surface area contributed by atoms with Gasteiger partial charge < -0.3 is 31.2 Å². The molecule has 0 spiro atoms. The molecule has 0 aliphatic rings. The smallest absolute Gasteiger partial charge is 0.414 e. The van der Waals surface area contributed by atoms with Crippen LogP contribution in [0.5, 0.6) is 0 Å². The van der Waals surface area contributed by atoms with Crippen molar-refractivity contribution in [1.82, 2.24) is 26.6 Å². The number of nitrogens with two attached hydrogens (primary N) is 1. The molecule has 0 aromatic heterocycles. The van der Waals surface area contributed by atoms with Gasteiger partial charge in [0.05, 0.1) is 0 Å². The number of nitrogens with one attached hydrogen (secondary N) is 5. The molecule has 15 heteroatoms. The number of hydrogen-bond donors (Lipinski definition) is 6. The Balaban J connectivity index is 1.19. The normalized spacial score (nSPS) is 12.1. The van der Waals surface area contributed by atoms with E-state index in [-0.39, 0.29) is 51.4 Å². The summed E-state index contributed by atoms with van der Waals surface area (Å²) in [4.78, 5) is 83.5. The molecule has 0 bridgehead atoms. The van der Waals surface area contributed by atoms with Crippen molar-refractivity contribution in [1.29, 1.82) is 0 Å². The number of hydrogen-bond acceptors (Lipinski definition) is 9. The molecule has 65 heavy (non-hydrogen) atoms. The van der Waals surface area contributed by atoms with E-state index in [2.05, 4.69) is 31.6 Å². The van der Waals surface area contributed by atoms with Crippen LogP contribution in [-0.2, 0) is 54.7 Å². The third kappa shape index (κ3) is 14.8. The summed E-state index contributed by atoms with van der Waals surface area (Å²) >= 11 is 0. The summed E-state index contributed by atoms with van der Waals surface area (Å²) in [5.41, 5.74) is 8.81. The molecular weight excluding hydrogens is 827 g/mol. The molecule has 0 saturated carbocycles. The Morgan fingerprint density at radius 1 is 0.523 bits per heavy atom. The molecule has 0 aliphatic carbocycles. The van der Waals surface area contributed by atoms with Crippen LogP contribution in [-0.4, -0.2) is 66.4 Å². The van der Waals surface area contributed by atoms with Gasteiger partial charge in [0, 0.05) is 26.3 Å². The zero-order chi connectivity index (χ0) is 46.0. The number of carbonyl (C=O) groups is 6. The summed E-state index contributed by atoms with van der Waals surface area (Å²) in [5, 5.41) is 17.0. The van der Waals surface area contributed by atoms with Crippen molar-refractivity contribution < 1.29 is 38.2 Å². The van der Waals surface area contributed by atoms with Crippen molar-refractivity contribution in [2.75, 3.05) is 6.54 Å². The highest BCUT2D eigenvalue weighted by Gasteiger charge is 2.29. The van der Waals surface area contributed by atoms with Crippen molar-refractivity contribution in [2.45, 2.75) is 63.9 Å². The lowest BCUT2D eigenvalue weighted by atomic mass is 10.00. The second kappa shape index (κ2) is 23.4. The number of rotatable bonds is 18. The average Bonchev–Trinajstić information content (AvgIpc) is 3.31. The van der Waals surface area contributed by atoms with Gasteiger partial charge in [0.25, 0.3) is 0 Å². The van der Waals surface area contributed by atoms with Crippen molar-refractivity contribution in [3.05, 3.63) is 168 Å². The van der Waals surface area contributed by atoms with Crippen molar-refractivity contribution >= 4 is 63.3 Å². The fraction of sp³-hybridized carbons (Fsp3) is 0.220. The SMILES string of the molecule is CC(=O)N[C@H](Cc1ccc2ccccc2c1)C(=O)N[C@@H](CCCN=C(NC(=O)OCc1ccccc1)NC(=O)OCc1ccccc1)C(=O)N[C@@H](Cc1ccc2ccccc2c1)C(N)=O. The molecule has 6 aromatic rings. The quantitative estimate of drug-likeness (QED) is 0.0355. The number of ether oxygens (including phenoxy) is 2. The highest BCUT2D eigenvalue weighted by molar-refractivity contribution is 6.01. The van der Waals surface area contributed by atoms with Gasteiger partial charge in [-0.1, -0.05) is 146 Å². The lowest BCUT2D eigenvalue weighted by Gasteiger charge is -2.25. The number of fused-ring (bicyclic) bond motifs is 2. The number of primary amides is 1. The Labute approximate surface area is 376 Å². The standard InChI is InChI=1S/C50H51N7O8/c1-33(58)53-44(30-37-23-25-39-18-9-11-20-41(39)28-37)47(61)54-42(46(60)55-43(45(51)59)29-36-22-24-38-17-8-10-19-40(38)27-36)21-12-26-52-48(56-49(62)64-31-34-13-4-2-5-14-34)57-50(63)65-32-35-15-6-3-7-16-35/h2-11,13-20,22-25,27-28,42-44H,12,21,26,29-32H2,1H3,(H2,51,59)(H,53,58)(H,54,61)(H,55,60)(H2,52,56,57,62,63)/t42-,43-,44+/m0/s1. The zero-order valence-electron chi connectivity index (χ0n) is 35.8. The molecule has 6 rings (SSSR count). The summed E-state index contributed by atoms with van der Waals surface area (Å²) in [6.07, 6.45) is -1.53. The fourth-order valence-electron chi connectivity index (χ4n) is 7.00. The minimum Gasteiger partial charge on any atom is -0.444 e. The minimum absolute atomic E-state index is 0.0323. The molecule has 3 atom stereocenters. The number of alkyl carbamates (subject to hydrolysis) is 2. The maximum atomic E-state index is 14.1. The third-order valence-electron chi connectivity index (χ3n) is 10.3. The van der Waals surface area contributed by atoms with Gasteiger partial charge in [-0.15, -0.1) is 0 Å². The number of benzene rings is 6. The Hall–Kier alpha value is -8.07. The van der Waals surface area contributed by atoms with Crippen molar-refractivity contribution in [2.24, 2.45) is 10.7 Å². The van der Waals surface area contributed by atoms with Crippen LogP contribution in [0.2, 0.25) is 0 Å². The molecule has 0 saturated heterocycles. The molecule has 0 unspecified atom stereocenters. The largest absolute Gasteiger partial charge is 0.444 e. The van der Waals surface area contributed by atoms with Crippen LogP contribution in [0.1, 0.15) is 42.0 Å². The lowest BCUT2D eigenvalue weighted by Crippen LogP contribution is -2.57. The van der Waals surface area contributed by atoms with Gasteiger partial charge in [-0.25, -0.2) is 9.59 Å². The topological polar surface area (TPSA) is 219 Å². The van der Waals surface area contributed by atoms with Crippen molar-refractivity contribution in [3.63, 3.8) is 0 Å². The van der Waals surface area contributed by atoms with Crippen LogP contribution >= 0.6 is 0 Å². The molecule has 7 N–H and O–H groups in total. The first-order chi connectivity index (χ1) is 31.5. The Bertz CT molecular complexity index is 2580. The van der Waals surface area contributed by atoms with Crippen molar-refractivity contribution in [3.8, 4) is 0 Å². The molecule has 334 valence electrons. The summed E-state index contributed by atoms with van der Waals surface area (Å²) in [6.45, 7) is 1.11. The predicted molar refractivity (Wildman–Crippen MR) is 247 cm³/mol. The first kappa shape index (κ1) is 46.4. The molecule has 0 aliphatic heterocycles. The van der Waals surface area contributed by atoms with Gasteiger partial charge in [-0.05, 0) is 56.6 Å². The highest BCUT2D eigenvalue weighted by atomic mass is 16.6. The number of amides is 6. The van der Waals surface area contributed by atoms with Gasteiger partial charge in [0.15, 0.2) is 0 Å². The first-order valence-electron chi connectivity index (χ1n) is 21.1. The summed E-state index contributed by atoms with van der Waals surface area (Å²) in [5.74, 6) is -2.87. The summed E-state index contributed by atoms with van der Waals surface area (Å²) < 4.78 is 10.7. The van der Waals surface area contributed by atoms with Crippen LogP contribution in [0.25, 0.3) is 21.5 Å². The van der Waals surface area contributed by atoms with E-state index in [1.807, 2.05) is 97.1 Å². The van der Waals surface area contributed by atoms with E-state index in [0.29, 0.717) is 0 Å². The molecule has 0 radical (unpaired) electrons. The molecule has 6 aromatic carbocycles. The van der Waals surface area contributed by atoms with E-state index in [4.69, 9.17) is 15.2 Å². The lowest BCUT2D eigenvalue weighted by molar-refractivity contribution is -0.133. The van der Waals surface area contributed by atoms with E-state index in [9.17, 15) is 28.8 Å². The highest BCUT2D eigenvalue weighted by Crippen LogP contribution is 2.19. The van der Waals surface area contributed by atoms with Gasteiger partial charge in [0.2, 0.25) is 29.6 Å². The predicted octanol–water partition coefficient (Wildman–Crippen LogP) is 5.73. The average molecular weight is 878 g/mol. The fourth-order valence-corrected chi connectivity index (χ4v) is 7.00. The zero-order valence-corrected chi connectivity index (χ0v) is 35.8. The van der Waals surface area contributed by atoms with Gasteiger partial charge in [-0.2, -0.15) is 0 Å². The Morgan fingerprint density at radius 3 is 1.46 bits per heavy atom. The maximum Gasteiger partial charge on any atom is 0.414 e. The van der Waals surface area contributed by atoms with Crippen LogP contribution < -0.4 is 32.3 Å². The molecule has 0 fully saturated rings. The number of aliphatic imine (C=N–C) groups is 1. The summed E-state index contributed by atoms with van der Waals surface area (Å²) in [6, 6.07) is 41.4. The van der Waals surface area contributed by atoms with E-state index < -0.39 is 53.9 Å². The second-order valence-corrected chi connectivity index (χ2v) is 15.3. The monoisotopic (exact) mass is 877 g/mol. The first-order valence-corrected chi connectivity index (χ1v) is 21.1. The molecular formula is C50H51N7O8. The Morgan fingerprint density at radius 2 is 0.969 bits per heavy atom. The molecule has 6 amide bonds. The number of guanidine groups is 1. The minimum atomic E-state index is -1.25. The summed E-state index contributed by atoms with van der Waals surface area (Å²) in [7, 11) is 0. The van der Waals surface area contributed by atoms with Gasteiger partial charge in [-0.3, -0.25) is 34.8 Å². The van der Waals surface area contributed by atoms with Crippen LogP contribution in [0.3, 0.4) is 0 Å². The van der Waals surface area contributed by atoms with E-state index in [1.165, 1.54) is 6.92 Å². The van der Waals surface area contributed by atoms with E-state index >= 15 is 0 Å². The van der Waals surface area contributed by atoms with Gasteiger partial charge >= 0.3 is 12.2 Å². The van der Waals surface area contributed by atoms with Gasteiger partial charge in [0.1, 0.15) is 31.3 Å². The number of nitrogens with zero attached hydrogens (tertiary/aromatic N) is 1. The molecule has 0 heterocycles. The van der Waals surface area contributed by atoms with E-state index in [1.54, 1.807) is 48.5 Å². The second-order valence-electron chi connectivity index (χ2n) is 15.3. The number of carbonyl (C=O) groups excluding carboxylic acids is 6.